The molecule has 10 N–H and O–H groups in total. The summed E-state index contributed by atoms with van der Waals surface area (Å²) in [6.45, 7) is 2.81. The van der Waals surface area contributed by atoms with Gasteiger partial charge in [0.05, 0.1) is 18.6 Å². The van der Waals surface area contributed by atoms with Gasteiger partial charge in [0.2, 0.25) is 17.7 Å². The number of carbonyl (C=O) groups excluding carboxylic acids is 3. The number of hydrogen-bond donors (Lipinski definition) is 8. The van der Waals surface area contributed by atoms with Crippen LogP contribution in [0.2, 0.25) is 0 Å². The zero-order chi connectivity index (χ0) is 23.4. The van der Waals surface area contributed by atoms with Gasteiger partial charge in [0.25, 0.3) is 0 Å². The van der Waals surface area contributed by atoms with Crippen LogP contribution in [0.25, 0.3) is 0 Å². The molecule has 0 rings (SSSR count). The number of rotatable bonds is 14. The monoisotopic (exact) mass is 433 g/mol. The molecule has 13 nitrogen and oxygen atoms in total. The Morgan fingerprint density at radius 3 is 1.97 bits per heavy atom. The zero-order valence-corrected chi connectivity index (χ0v) is 17.0. The maximum atomic E-state index is 12.6. The minimum Gasteiger partial charge on any atom is -0.481 e. The molecule has 0 fully saturated rings. The number of nitrogens with two attached hydrogens (primary N) is 2. The molecular formula is C17H31N5O8. The van der Waals surface area contributed by atoms with Gasteiger partial charge in [0.15, 0.2) is 0 Å². The van der Waals surface area contributed by atoms with Crippen molar-refractivity contribution in [2.75, 3.05) is 6.54 Å². The molecule has 0 aliphatic carbocycles. The first-order chi connectivity index (χ1) is 13.9. The molecule has 0 spiro atoms. The molecule has 0 saturated carbocycles. The molecule has 5 atom stereocenters. The Bertz CT molecular complexity index is 627. The summed E-state index contributed by atoms with van der Waals surface area (Å²) in [5, 5.41) is 34.2. The van der Waals surface area contributed by atoms with Gasteiger partial charge < -0.3 is 42.7 Å². The number of carbonyl (C=O) groups is 5. The van der Waals surface area contributed by atoms with Crippen molar-refractivity contribution in [3.63, 3.8) is 0 Å². The van der Waals surface area contributed by atoms with E-state index in [2.05, 4.69) is 16.0 Å². The molecule has 0 aromatic heterocycles. The number of carboxylic acid groups (broad SMARTS) is 2. The molecule has 0 heterocycles. The fraction of sp³-hybridized carbons (Fsp3) is 0.706. The summed E-state index contributed by atoms with van der Waals surface area (Å²) >= 11 is 0. The summed E-state index contributed by atoms with van der Waals surface area (Å²) in [6, 6.07) is -5.31. The predicted octanol–water partition coefficient (Wildman–Crippen LogP) is -3.14. The number of aliphatic hydroxyl groups excluding tert-OH is 1. The van der Waals surface area contributed by atoms with Crippen LogP contribution in [0.4, 0.5) is 0 Å². The van der Waals surface area contributed by atoms with Crippen LogP contribution in [-0.2, 0) is 24.0 Å². The van der Waals surface area contributed by atoms with Crippen LogP contribution in [0, 0.1) is 0 Å². The first-order valence-electron chi connectivity index (χ1n) is 9.40. The van der Waals surface area contributed by atoms with E-state index in [9.17, 15) is 29.1 Å². The van der Waals surface area contributed by atoms with Crippen molar-refractivity contribution in [1.82, 2.24) is 16.0 Å². The number of aliphatic carboxylic acids is 2. The topological polar surface area (TPSA) is 234 Å². The number of amides is 3. The van der Waals surface area contributed by atoms with E-state index in [-0.39, 0.29) is 6.42 Å². The summed E-state index contributed by atoms with van der Waals surface area (Å²) in [7, 11) is 0. The van der Waals surface area contributed by atoms with E-state index in [0.29, 0.717) is 19.4 Å². The van der Waals surface area contributed by atoms with Gasteiger partial charge in [0.1, 0.15) is 18.1 Å². The Kier molecular flexibility index (Phi) is 12.2. The molecule has 0 radical (unpaired) electrons. The number of nitrogens with one attached hydrogen (secondary N) is 3. The van der Waals surface area contributed by atoms with Gasteiger partial charge in [-0.15, -0.1) is 0 Å². The maximum Gasteiger partial charge on any atom is 0.325 e. The lowest BCUT2D eigenvalue weighted by atomic mass is 10.1. The van der Waals surface area contributed by atoms with Gasteiger partial charge in [-0.2, -0.15) is 0 Å². The van der Waals surface area contributed by atoms with E-state index >= 15 is 0 Å². The lowest BCUT2D eigenvalue weighted by Crippen LogP contribution is -2.59. The van der Waals surface area contributed by atoms with Gasteiger partial charge in [-0.05, 0) is 39.7 Å². The molecule has 0 aromatic rings. The van der Waals surface area contributed by atoms with Gasteiger partial charge in [-0.3, -0.25) is 24.0 Å². The van der Waals surface area contributed by atoms with Crippen LogP contribution >= 0.6 is 0 Å². The molecule has 172 valence electrons. The van der Waals surface area contributed by atoms with E-state index in [0.717, 1.165) is 0 Å². The highest BCUT2D eigenvalue weighted by molar-refractivity contribution is 5.94. The SMILES string of the molecule is CC(NC(=O)C(CCCCN)NC(=O)C(NC(=O)C(N)CC(=O)O)C(C)O)C(=O)O. The van der Waals surface area contributed by atoms with Crippen LogP contribution in [0.5, 0.6) is 0 Å². The Labute approximate surface area is 173 Å². The predicted molar refractivity (Wildman–Crippen MR) is 104 cm³/mol. The van der Waals surface area contributed by atoms with Crippen molar-refractivity contribution in [3.05, 3.63) is 0 Å². The lowest BCUT2D eigenvalue weighted by molar-refractivity contribution is -0.142. The van der Waals surface area contributed by atoms with Gasteiger partial charge in [-0.1, -0.05) is 0 Å². The average Bonchev–Trinajstić information content (AvgIpc) is 2.63. The second kappa shape index (κ2) is 13.5. The van der Waals surface area contributed by atoms with Crippen LogP contribution in [0.1, 0.15) is 39.5 Å². The minimum absolute atomic E-state index is 0.139. The molecule has 3 amide bonds. The van der Waals surface area contributed by atoms with Gasteiger partial charge >= 0.3 is 11.9 Å². The van der Waals surface area contributed by atoms with E-state index in [1.165, 1.54) is 13.8 Å². The second-order valence-electron chi connectivity index (χ2n) is 6.85. The molecular weight excluding hydrogens is 402 g/mol. The van der Waals surface area contributed by atoms with Crippen LogP contribution < -0.4 is 27.4 Å². The molecule has 0 aliphatic rings. The Morgan fingerprint density at radius 2 is 1.50 bits per heavy atom. The molecule has 5 unspecified atom stereocenters. The molecule has 0 aromatic carbocycles. The van der Waals surface area contributed by atoms with Crippen molar-refractivity contribution in [2.45, 2.75) is 69.8 Å². The zero-order valence-electron chi connectivity index (χ0n) is 17.0. The smallest absolute Gasteiger partial charge is 0.325 e. The second-order valence-corrected chi connectivity index (χ2v) is 6.85. The summed E-state index contributed by atoms with van der Waals surface area (Å²) in [6.07, 6.45) is -0.936. The number of carboxylic acids is 2. The van der Waals surface area contributed by atoms with Crippen molar-refractivity contribution >= 4 is 29.7 Å². The van der Waals surface area contributed by atoms with Crippen LogP contribution in [0.3, 0.4) is 0 Å². The van der Waals surface area contributed by atoms with E-state index < -0.39 is 66.4 Å². The van der Waals surface area contributed by atoms with Crippen molar-refractivity contribution in [3.8, 4) is 0 Å². The molecule has 0 bridgehead atoms. The number of unbranched alkanes of at least 4 members (excludes halogenated alkanes) is 1. The molecule has 0 aliphatic heterocycles. The average molecular weight is 433 g/mol. The number of hydrogen-bond acceptors (Lipinski definition) is 8. The normalized spacial score (nSPS) is 15.8. The van der Waals surface area contributed by atoms with Gasteiger partial charge in [0, 0.05) is 0 Å². The molecule has 30 heavy (non-hydrogen) atoms. The maximum absolute atomic E-state index is 12.6. The van der Waals surface area contributed by atoms with Crippen LogP contribution in [-0.4, -0.2) is 81.8 Å². The quantitative estimate of drug-likeness (QED) is 0.128. The lowest BCUT2D eigenvalue weighted by Gasteiger charge is -2.26. The van der Waals surface area contributed by atoms with Gasteiger partial charge in [-0.25, -0.2) is 0 Å². The van der Waals surface area contributed by atoms with E-state index in [4.69, 9.17) is 21.7 Å². The summed E-state index contributed by atoms with van der Waals surface area (Å²) in [4.78, 5) is 58.6. The van der Waals surface area contributed by atoms with Crippen LogP contribution in [0.15, 0.2) is 0 Å². The fourth-order valence-electron chi connectivity index (χ4n) is 2.35. The minimum atomic E-state index is -1.51. The van der Waals surface area contributed by atoms with E-state index in [1.807, 2.05) is 0 Å². The first-order valence-corrected chi connectivity index (χ1v) is 9.40. The molecule has 0 saturated heterocycles. The summed E-state index contributed by atoms with van der Waals surface area (Å²) < 4.78 is 0. The fourth-order valence-corrected chi connectivity index (χ4v) is 2.35. The third-order valence-corrected chi connectivity index (χ3v) is 4.10. The Morgan fingerprint density at radius 1 is 0.900 bits per heavy atom. The summed E-state index contributed by atoms with van der Waals surface area (Å²) in [5.74, 6) is -5.23. The third kappa shape index (κ3) is 10.1. The first kappa shape index (κ1) is 27.2. The Balaban J connectivity index is 5.27. The highest BCUT2D eigenvalue weighted by Gasteiger charge is 2.32. The summed E-state index contributed by atoms with van der Waals surface area (Å²) in [5.41, 5.74) is 10.9. The van der Waals surface area contributed by atoms with Crippen molar-refractivity contribution in [1.29, 1.82) is 0 Å². The standard InChI is InChI=1S/C17H31N5O8/c1-8(17(29)30)20-15(27)11(5-3-4-6-18)21-16(28)13(9(2)23)22-14(26)10(19)7-12(24)25/h8-11,13,23H,3-7,18-19H2,1-2H3,(H,20,27)(H,21,28)(H,22,26)(H,24,25)(H,29,30). The van der Waals surface area contributed by atoms with E-state index in [1.54, 1.807) is 0 Å². The van der Waals surface area contributed by atoms with Crippen molar-refractivity contribution < 1.29 is 39.3 Å². The third-order valence-electron chi connectivity index (χ3n) is 4.10. The highest BCUT2D eigenvalue weighted by Crippen LogP contribution is 2.04. The molecule has 13 heteroatoms. The Hall–Kier alpha value is -2.77. The van der Waals surface area contributed by atoms with Crippen molar-refractivity contribution in [2.24, 2.45) is 11.5 Å². The number of aliphatic hydroxyl groups is 1. The largest absolute Gasteiger partial charge is 0.481 e. The highest BCUT2D eigenvalue weighted by atomic mass is 16.4.